The van der Waals surface area contributed by atoms with Crippen molar-refractivity contribution in [3.05, 3.63) is 45.1 Å². The van der Waals surface area contributed by atoms with Crippen molar-refractivity contribution in [2.24, 2.45) is 7.05 Å². The van der Waals surface area contributed by atoms with Crippen LogP contribution in [0.2, 0.25) is 0 Å². The number of carbonyl (C=O) groups is 1. The van der Waals surface area contributed by atoms with Crippen LogP contribution in [0.3, 0.4) is 0 Å². The van der Waals surface area contributed by atoms with Gasteiger partial charge in [-0.25, -0.2) is 4.98 Å². The normalized spacial score (nSPS) is 14.8. The number of hydrogen-bond donors (Lipinski definition) is 0. The summed E-state index contributed by atoms with van der Waals surface area (Å²) in [6, 6.07) is 6.27. The standard InChI is InChI=1S/C23H27N3O2S2/c1-15-8-9-17(12-16(15)2)18-13-29-21-20(18)22(28)25(3)23(24-21)30-14-19(27)26-10-6-4-5-7-11-26/h8-9,12-13H,4-7,10-11,14H2,1-3H3. The first-order chi connectivity index (χ1) is 14.5. The van der Waals surface area contributed by atoms with E-state index >= 15 is 0 Å². The molecular formula is C23H27N3O2S2. The molecule has 0 saturated carbocycles. The summed E-state index contributed by atoms with van der Waals surface area (Å²) in [6.07, 6.45) is 4.56. The van der Waals surface area contributed by atoms with E-state index in [0.717, 1.165) is 41.9 Å². The first kappa shape index (κ1) is 21.1. The van der Waals surface area contributed by atoms with Crippen molar-refractivity contribution < 1.29 is 4.79 Å². The third-order valence-electron chi connectivity index (χ3n) is 5.88. The lowest BCUT2D eigenvalue weighted by atomic mass is 10.0. The van der Waals surface area contributed by atoms with E-state index in [9.17, 15) is 9.59 Å². The Morgan fingerprint density at radius 2 is 1.87 bits per heavy atom. The molecule has 0 radical (unpaired) electrons. The van der Waals surface area contributed by atoms with Crippen LogP contribution in [0.15, 0.2) is 33.5 Å². The van der Waals surface area contributed by atoms with Crippen LogP contribution >= 0.6 is 23.1 Å². The molecule has 0 bridgehead atoms. The fourth-order valence-corrected chi connectivity index (χ4v) is 5.70. The lowest BCUT2D eigenvalue weighted by Crippen LogP contribution is -2.33. The Balaban J connectivity index is 1.60. The third kappa shape index (κ3) is 4.18. The maximum Gasteiger partial charge on any atom is 0.263 e. The molecule has 5 nitrogen and oxygen atoms in total. The second kappa shape index (κ2) is 8.94. The van der Waals surface area contributed by atoms with Gasteiger partial charge in [0.05, 0.1) is 11.1 Å². The second-order valence-corrected chi connectivity index (χ2v) is 9.77. The molecule has 1 aliphatic heterocycles. The minimum absolute atomic E-state index is 0.0563. The summed E-state index contributed by atoms with van der Waals surface area (Å²) >= 11 is 2.85. The number of thioether (sulfide) groups is 1. The van der Waals surface area contributed by atoms with Crippen molar-refractivity contribution in [3.8, 4) is 11.1 Å². The molecule has 1 saturated heterocycles. The Kier molecular flexibility index (Phi) is 6.29. The van der Waals surface area contributed by atoms with Gasteiger partial charge in [0.15, 0.2) is 5.16 Å². The monoisotopic (exact) mass is 441 g/mol. The van der Waals surface area contributed by atoms with Crippen molar-refractivity contribution in [1.82, 2.24) is 14.5 Å². The summed E-state index contributed by atoms with van der Waals surface area (Å²) in [7, 11) is 1.75. The summed E-state index contributed by atoms with van der Waals surface area (Å²) in [6.45, 7) is 5.85. The van der Waals surface area contributed by atoms with Crippen LogP contribution in [-0.2, 0) is 11.8 Å². The average molecular weight is 442 g/mol. The van der Waals surface area contributed by atoms with Gasteiger partial charge in [-0.15, -0.1) is 11.3 Å². The predicted molar refractivity (Wildman–Crippen MR) is 126 cm³/mol. The maximum absolute atomic E-state index is 13.2. The van der Waals surface area contributed by atoms with E-state index in [1.165, 1.54) is 47.1 Å². The Labute approximate surface area is 185 Å². The minimum atomic E-state index is -0.0563. The predicted octanol–water partition coefficient (Wildman–Crippen LogP) is 4.77. The van der Waals surface area contributed by atoms with Crippen LogP contribution in [0.25, 0.3) is 21.3 Å². The molecule has 158 valence electrons. The Bertz CT molecular complexity index is 1140. The van der Waals surface area contributed by atoms with Gasteiger partial charge in [0.25, 0.3) is 5.56 Å². The number of likely N-dealkylation sites (tertiary alicyclic amines) is 1. The number of aromatic nitrogens is 2. The molecule has 1 fully saturated rings. The third-order valence-corrected chi connectivity index (χ3v) is 7.76. The quantitative estimate of drug-likeness (QED) is 0.432. The number of hydrogen-bond acceptors (Lipinski definition) is 5. The van der Waals surface area contributed by atoms with Gasteiger partial charge in [0.2, 0.25) is 5.91 Å². The van der Waals surface area contributed by atoms with Gasteiger partial charge in [-0.1, -0.05) is 42.8 Å². The fraction of sp³-hybridized carbons (Fsp3) is 0.435. The number of aryl methyl sites for hydroxylation is 2. The Morgan fingerprint density at radius 3 is 2.57 bits per heavy atom. The Morgan fingerprint density at radius 1 is 1.13 bits per heavy atom. The van der Waals surface area contributed by atoms with Crippen molar-refractivity contribution >= 4 is 39.2 Å². The van der Waals surface area contributed by atoms with E-state index in [4.69, 9.17) is 4.98 Å². The summed E-state index contributed by atoms with van der Waals surface area (Å²) in [5.41, 5.74) is 4.36. The number of carbonyl (C=O) groups excluding carboxylic acids is 1. The number of rotatable bonds is 4. The molecule has 30 heavy (non-hydrogen) atoms. The van der Waals surface area contributed by atoms with Crippen molar-refractivity contribution in [2.75, 3.05) is 18.8 Å². The lowest BCUT2D eigenvalue weighted by molar-refractivity contribution is -0.128. The molecule has 0 spiro atoms. The van der Waals surface area contributed by atoms with Crippen LogP contribution in [-0.4, -0.2) is 39.2 Å². The molecule has 4 rings (SSSR count). The first-order valence-corrected chi connectivity index (χ1v) is 12.3. The summed E-state index contributed by atoms with van der Waals surface area (Å²) in [5, 5.41) is 3.28. The van der Waals surface area contributed by atoms with E-state index in [1.54, 1.807) is 11.6 Å². The highest BCUT2D eigenvalue weighted by Crippen LogP contribution is 2.33. The van der Waals surface area contributed by atoms with Gasteiger partial charge in [-0.3, -0.25) is 14.2 Å². The molecule has 7 heteroatoms. The van der Waals surface area contributed by atoms with Crippen LogP contribution in [0.1, 0.15) is 36.8 Å². The minimum Gasteiger partial charge on any atom is -0.342 e. The maximum atomic E-state index is 13.2. The number of amides is 1. The first-order valence-electron chi connectivity index (χ1n) is 10.4. The summed E-state index contributed by atoms with van der Waals surface area (Å²) < 4.78 is 1.58. The molecule has 1 aromatic carbocycles. The molecular weight excluding hydrogens is 414 g/mol. The van der Waals surface area contributed by atoms with Crippen LogP contribution < -0.4 is 5.56 Å². The van der Waals surface area contributed by atoms with Crippen molar-refractivity contribution in [3.63, 3.8) is 0 Å². The van der Waals surface area contributed by atoms with Crippen LogP contribution in [0, 0.1) is 13.8 Å². The molecule has 3 aromatic rings. The number of nitrogens with zero attached hydrogens (tertiary/aromatic N) is 3. The van der Waals surface area contributed by atoms with Gasteiger partial charge < -0.3 is 4.90 Å². The van der Waals surface area contributed by atoms with Gasteiger partial charge in [0, 0.05) is 31.1 Å². The van der Waals surface area contributed by atoms with Crippen molar-refractivity contribution in [1.29, 1.82) is 0 Å². The highest BCUT2D eigenvalue weighted by atomic mass is 32.2. The second-order valence-electron chi connectivity index (χ2n) is 7.97. The molecule has 1 aliphatic rings. The summed E-state index contributed by atoms with van der Waals surface area (Å²) in [5.74, 6) is 0.458. The van der Waals surface area contributed by atoms with Gasteiger partial charge in [0.1, 0.15) is 4.83 Å². The lowest BCUT2D eigenvalue weighted by Gasteiger charge is -2.20. The summed E-state index contributed by atoms with van der Waals surface area (Å²) in [4.78, 5) is 33.2. The molecule has 0 atom stereocenters. The molecule has 1 amide bonds. The van der Waals surface area contributed by atoms with Crippen LogP contribution in [0.5, 0.6) is 0 Å². The van der Waals surface area contributed by atoms with Gasteiger partial charge in [-0.2, -0.15) is 0 Å². The van der Waals surface area contributed by atoms with Crippen molar-refractivity contribution in [2.45, 2.75) is 44.7 Å². The van der Waals surface area contributed by atoms with E-state index in [-0.39, 0.29) is 11.5 Å². The number of thiophene rings is 1. The Hall–Kier alpha value is -2.12. The molecule has 2 aromatic heterocycles. The van der Waals surface area contributed by atoms with Crippen LogP contribution in [0.4, 0.5) is 0 Å². The highest BCUT2D eigenvalue weighted by molar-refractivity contribution is 7.99. The number of fused-ring (bicyclic) bond motifs is 1. The average Bonchev–Trinajstić information content (AvgIpc) is 2.96. The molecule has 0 N–H and O–H groups in total. The van der Waals surface area contributed by atoms with E-state index in [0.29, 0.717) is 16.3 Å². The van der Waals surface area contributed by atoms with Gasteiger partial charge in [-0.05, 0) is 43.4 Å². The number of benzene rings is 1. The van der Waals surface area contributed by atoms with E-state index in [2.05, 4.69) is 32.0 Å². The fourth-order valence-electron chi connectivity index (χ4n) is 3.84. The molecule has 0 unspecified atom stereocenters. The molecule has 0 aliphatic carbocycles. The van der Waals surface area contributed by atoms with Gasteiger partial charge >= 0.3 is 0 Å². The zero-order valence-corrected chi connectivity index (χ0v) is 19.4. The highest BCUT2D eigenvalue weighted by Gasteiger charge is 2.19. The largest absolute Gasteiger partial charge is 0.342 e. The molecule has 3 heterocycles. The topological polar surface area (TPSA) is 55.2 Å². The zero-order chi connectivity index (χ0) is 21.3. The smallest absolute Gasteiger partial charge is 0.263 e. The zero-order valence-electron chi connectivity index (χ0n) is 17.7. The SMILES string of the molecule is Cc1ccc(-c2csc3nc(SCC(=O)N4CCCCCC4)n(C)c(=O)c23)cc1C. The van der Waals surface area contributed by atoms with E-state index < -0.39 is 0 Å². The van der Waals surface area contributed by atoms with E-state index in [1.807, 2.05) is 10.3 Å².